The molecule has 3 N–H and O–H groups in total. The first-order valence-electron chi connectivity index (χ1n) is 6.56. The molecule has 0 aliphatic carbocycles. The van der Waals surface area contributed by atoms with Crippen LogP contribution in [0.4, 0.5) is 4.39 Å². The van der Waals surface area contributed by atoms with Gasteiger partial charge in [0.25, 0.3) is 0 Å². The number of rotatable bonds is 9. The first-order chi connectivity index (χ1) is 9.90. The molecule has 0 spiro atoms. The number of nitrogens with two attached hydrogens (primary N) is 1. The standard InChI is InChI=1S/C13H22FN3O3S/c1-17(7-8-20-2)6-5-16-21(18,19)13-9-11(10-15)3-4-12(13)14/h3-4,9,16H,5-8,10,15H2,1-2H3. The highest BCUT2D eigenvalue weighted by Crippen LogP contribution is 2.16. The van der Waals surface area contributed by atoms with Gasteiger partial charge < -0.3 is 15.4 Å². The molecule has 0 radical (unpaired) electrons. The van der Waals surface area contributed by atoms with Crippen LogP contribution >= 0.6 is 0 Å². The molecular weight excluding hydrogens is 297 g/mol. The van der Waals surface area contributed by atoms with Crippen LogP contribution in [0.25, 0.3) is 0 Å². The molecule has 0 bridgehead atoms. The Morgan fingerprint density at radius 2 is 2.10 bits per heavy atom. The van der Waals surface area contributed by atoms with Gasteiger partial charge in [-0.2, -0.15) is 0 Å². The minimum Gasteiger partial charge on any atom is -0.383 e. The van der Waals surface area contributed by atoms with Crippen molar-refractivity contribution in [2.45, 2.75) is 11.4 Å². The van der Waals surface area contributed by atoms with Gasteiger partial charge in [-0.05, 0) is 24.7 Å². The molecule has 0 unspecified atom stereocenters. The van der Waals surface area contributed by atoms with Crippen LogP contribution in [0.5, 0.6) is 0 Å². The molecule has 120 valence electrons. The maximum atomic E-state index is 13.7. The van der Waals surface area contributed by atoms with Crippen LogP contribution in [0.2, 0.25) is 0 Å². The molecule has 0 amide bonds. The Kier molecular flexibility index (Phi) is 7.20. The SMILES string of the molecule is COCCN(C)CCNS(=O)(=O)c1cc(CN)ccc1F. The van der Waals surface area contributed by atoms with E-state index in [1.165, 1.54) is 12.1 Å². The lowest BCUT2D eigenvalue weighted by Crippen LogP contribution is -2.34. The van der Waals surface area contributed by atoms with E-state index in [2.05, 4.69) is 4.72 Å². The lowest BCUT2D eigenvalue weighted by molar-refractivity contribution is 0.162. The first kappa shape index (κ1) is 18.0. The fourth-order valence-electron chi connectivity index (χ4n) is 1.69. The zero-order chi connectivity index (χ0) is 15.9. The fourth-order valence-corrected chi connectivity index (χ4v) is 2.84. The van der Waals surface area contributed by atoms with Gasteiger partial charge in [-0.3, -0.25) is 0 Å². The van der Waals surface area contributed by atoms with Gasteiger partial charge in [-0.25, -0.2) is 17.5 Å². The van der Waals surface area contributed by atoms with Crippen LogP contribution in [0.3, 0.4) is 0 Å². The number of halogens is 1. The van der Waals surface area contributed by atoms with Crippen molar-refractivity contribution in [2.75, 3.05) is 40.4 Å². The van der Waals surface area contributed by atoms with Gasteiger partial charge in [0, 0.05) is 33.3 Å². The van der Waals surface area contributed by atoms with Gasteiger partial charge >= 0.3 is 0 Å². The summed E-state index contributed by atoms with van der Waals surface area (Å²) in [5.41, 5.74) is 6.01. The van der Waals surface area contributed by atoms with E-state index < -0.39 is 15.8 Å². The topological polar surface area (TPSA) is 84.7 Å². The van der Waals surface area contributed by atoms with Crippen LogP contribution in [0.15, 0.2) is 23.1 Å². The van der Waals surface area contributed by atoms with Crippen molar-refractivity contribution >= 4 is 10.0 Å². The van der Waals surface area contributed by atoms with E-state index >= 15 is 0 Å². The lowest BCUT2D eigenvalue weighted by Gasteiger charge is -2.16. The van der Waals surface area contributed by atoms with E-state index in [0.29, 0.717) is 25.3 Å². The molecule has 1 aromatic carbocycles. The molecule has 21 heavy (non-hydrogen) atoms. The lowest BCUT2D eigenvalue weighted by atomic mass is 10.2. The molecule has 8 heteroatoms. The van der Waals surface area contributed by atoms with Gasteiger partial charge in [0.15, 0.2) is 0 Å². The zero-order valence-corrected chi connectivity index (χ0v) is 13.1. The number of ether oxygens (including phenoxy) is 1. The van der Waals surface area contributed by atoms with Gasteiger partial charge in [0.1, 0.15) is 10.7 Å². The third-order valence-corrected chi connectivity index (χ3v) is 4.46. The van der Waals surface area contributed by atoms with Crippen molar-refractivity contribution < 1.29 is 17.5 Å². The number of benzene rings is 1. The molecular formula is C13H22FN3O3S. The molecule has 1 aromatic rings. The molecule has 0 saturated heterocycles. The van der Waals surface area contributed by atoms with Crippen molar-refractivity contribution in [1.29, 1.82) is 0 Å². The number of nitrogens with one attached hydrogen (secondary N) is 1. The molecule has 0 aliphatic rings. The van der Waals surface area contributed by atoms with Crippen molar-refractivity contribution in [3.8, 4) is 0 Å². The number of hydrogen-bond donors (Lipinski definition) is 2. The number of likely N-dealkylation sites (N-methyl/N-ethyl adjacent to an activating group) is 1. The van der Waals surface area contributed by atoms with Crippen molar-refractivity contribution in [3.05, 3.63) is 29.6 Å². The summed E-state index contributed by atoms with van der Waals surface area (Å²) in [6.45, 7) is 2.10. The Labute approximate surface area is 125 Å². The molecule has 0 saturated carbocycles. The summed E-state index contributed by atoms with van der Waals surface area (Å²) >= 11 is 0. The maximum Gasteiger partial charge on any atom is 0.243 e. The van der Waals surface area contributed by atoms with Crippen LogP contribution < -0.4 is 10.5 Å². The van der Waals surface area contributed by atoms with Gasteiger partial charge in [-0.15, -0.1) is 0 Å². The Morgan fingerprint density at radius 3 is 2.71 bits per heavy atom. The molecule has 0 aromatic heterocycles. The Hall–Kier alpha value is -1.06. The zero-order valence-electron chi connectivity index (χ0n) is 12.3. The Bertz CT molecular complexity index is 552. The second kappa shape index (κ2) is 8.40. The monoisotopic (exact) mass is 319 g/mol. The van der Waals surface area contributed by atoms with E-state index in [1.807, 2.05) is 11.9 Å². The van der Waals surface area contributed by atoms with Crippen LogP contribution in [-0.2, 0) is 21.3 Å². The van der Waals surface area contributed by atoms with E-state index in [4.69, 9.17) is 10.5 Å². The minimum absolute atomic E-state index is 0.155. The molecule has 0 heterocycles. The number of nitrogens with zero attached hydrogens (tertiary/aromatic N) is 1. The van der Waals surface area contributed by atoms with E-state index in [1.54, 1.807) is 7.11 Å². The Morgan fingerprint density at radius 1 is 1.38 bits per heavy atom. The number of hydrogen-bond acceptors (Lipinski definition) is 5. The highest BCUT2D eigenvalue weighted by Gasteiger charge is 2.19. The van der Waals surface area contributed by atoms with Crippen LogP contribution in [-0.4, -0.2) is 53.7 Å². The summed E-state index contributed by atoms with van der Waals surface area (Å²) < 4.78 is 45.1. The smallest absolute Gasteiger partial charge is 0.243 e. The third-order valence-electron chi connectivity index (χ3n) is 2.98. The molecule has 0 aliphatic heterocycles. The fraction of sp³-hybridized carbons (Fsp3) is 0.538. The normalized spacial score (nSPS) is 12.0. The second-order valence-corrected chi connectivity index (χ2v) is 6.40. The summed E-state index contributed by atoms with van der Waals surface area (Å²) in [5, 5.41) is 0. The quantitative estimate of drug-likeness (QED) is 0.676. The van der Waals surface area contributed by atoms with E-state index in [-0.39, 0.29) is 18.0 Å². The highest BCUT2D eigenvalue weighted by atomic mass is 32.2. The molecule has 0 atom stereocenters. The second-order valence-electron chi connectivity index (χ2n) is 4.66. The minimum atomic E-state index is -3.88. The Balaban J connectivity index is 2.65. The predicted octanol–water partition coefficient (Wildman–Crippen LogP) is 0.141. The summed E-state index contributed by atoms with van der Waals surface area (Å²) in [6.07, 6.45) is 0. The van der Waals surface area contributed by atoms with Gasteiger partial charge in [0.05, 0.1) is 6.61 Å². The average Bonchev–Trinajstić information content (AvgIpc) is 2.45. The molecule has 6 nitrogen and oxygen atoms in total. The largest absolute Gasteiger partial charge is 0.383 e. The summed E-state index contributed by atoms with van der Waals surface area (Å²) in [6, 6.07) is 3.83. The van der Waals surface area contributed by atoms with E-state index in [0.717, 1.165) is 6.07 Å². The highest BCUT2D eigenvalue weighted by molar-refractivity contribution is 7.89. The summed E-state index contributed by atoms with van der Waals surface area (Å²) in [5.74, 6) is -0.785. The van der Waals surface area contributed by atoms with Crippen molar-refractivity contribution in [1.82, 2.24) is 9.62 Å². The van der Waals surface area contributed by atoms with E-state index in [9.17, 15) is 12.8 Å². The average molecular weight is 319 g/mol. The third kappa shape index (κ3) is 5.68. The first-order valence-corrected chi connectivity index (χ1v) is 8.04. The van der Waals surface area contributed by atoms with Crippen LogP contribution in [0.1, 0.15) is 5.56 Å². The number of methoxy groups -OCH3 is 1. The molecule has 1 rings (SSSR count). The summed E-state index contributed by atoms with van der Waals surface area (Å²) in [7, 11) is -0.427. The van der Waals surface area contributed by atoms with Crippen LogP contribution in [0, 0.1) is 5.82 Å². The number of sulfonamides is 1. The van der Waals surface area contributed by atoms with Crippen molar-refractivity contribution in [3.63, 3.8) is 0 Å². The van der Waals surface area contributed by atoms with Gasteiger partial charge in [0.2, 0.25) is 10.0 Å². The van der Waals surface area contributed by atoms with Gasteiger partial charge in [-0.1, -0.05) is 6.07 Å². The maximum absolute atomic E-state index is 13.7. The van der Waals surface area contributed by atoms with Crippen molar-refractivity contribution in [2.24, 2.45) is 5.73 Å². The molecule has 0 fully saturated rings. The predicted molar refractivity (Wildman–Crippen MR) is 78.9 cm³/mol. The summed E-state index contributed by atoms with van der Waals surface area (Å²) in [4.78, 5) is 1.54.